The van der Waals surface area contributed by atoms with Gasteiger partial charge >= 0.3 is 0 Å². The molecule has 0 fully saturated rings. The topological polar surface area (TPSA) is 9.86 Å². The van der Waals surface area contributed by atoms with Crippen molar-refractivity contribution in [2.45, 2.75) is 33.1 Å². The van der Waals surface area contributed by atoms with E-state index in [0.29, 0.717) is 0 Å². The molecule has 2 heteroatoms. The Hall–Kier alpha value is -5.60. The lowest BCUT2D eigenvalue weighted by atomic mass is 9.82. The Morgan fingerprint density at radius 3 is 1.87 bits per heavy atom. The molecule has 0 aliphatic heterocycles. The second kappa shape index (κ2) is 10.2. The van der Waals surface area contributed by atoms with Gasteiger partial charge in [-0.2, -0.15) is 0 Å². The minimum atomic E-state index is -0.00527. The van der Waals surface area contributed by atoms with Crippen LogP contribution in [0.5, 0.6) is 0 Å². The van der Waals surface area contributed by atoms with Crippen LogP contribution in [0.25, 0.3) is 78.5 Å². The summed E-state index contributed by atoms with van der Waals surface area (Å²) >= 11 is 0. The van der Waals surface area contributed by atoms with Gasteiger partial charge in [-0.3, -0.25) is 0 Å². The van der Waals surface area contributed by atoms with Crippen molar-refractivity contribution in [1.82, 2.24) is 9.13 Å². The molecule has 47 heavy (non-hydrogen) atoms. The van der Waals surface area contributed by atoms with Crippen LogP contribution in [0.4, 0.5) is 0 Å². The van der Waals surface area contributed by atoms with E-state index in [1.165, 1.54) is 88.0 Å². The SMILES string of the molecule is C/C=c1\c(=C/C)n(-c2ccccc2)c2ccc(-c3ccc4c(c3)c3ccccc3n4-c3ccc4c(c3)-c3ccccc3C4(C)C)cc12. The van der Waals surface area contributed by atoms with Crippen LogP contribution < -0.4 is 10.6 Å². The zero-order valence-electron chi connectivity index (χ0n) is 27.3. The summed E-state index contributed by atoms with van der Waals surface area (Å²) in [6.07, 6.45) is 4.47. The lowest BCUT2D eigenvalue weighted by molar-refractivity contribution is 0.660. The third-order valence-corrected chi connectivity index (χ3v) is 10.5. The summed E-state index contributed by atoms with van der Waals surface area (Å²) < 4.78 is 4.82. The first-order valence-corrected chi connectivity index (χ1v) is 16.6. The fourth-order valence-electron chi connectivity index (χ4n) is 8.24. The average Bonchev–Trinajstić information content (AvgIpc) is 3.70. The van der Waals surface area contributed by atoms with Gasteiger partial charge in [0.25, 0.3) is 0 Å². The molecule has 226 valence electrons. The van der Waals surface area contributed by atoms with Crippen molar-refractivity contribution in [1.29, 1.82) is 0 Å². The minimum absolute atomic E-state index is 0.00527. The third kappa shape index (κ3) is 3.91. The third-order valence-electron chi connectivity index (χ3n) is 10.5. The van der Waals surface area contributed by atoms with E-state index in [4.69, 9.17) is 0 Å². The van der Waals surface area contributed by atoms with Crippen molar-refractivity contribution in [2.24, 2.45) is 0 Å². The molecule has 2 nitrogen and oxygen atoms in total. The van der Waals surface area contributed by atoms with Gasteiger partial charge in [0.1, 0.15) is 0 Å². The Morgan fingerprint density at radius 1 is 0.468 bits per heavy atom. The van der Waals surface area contributed by atoms with Gasteiger partial charge in [-0.1, -0.05) is 105 Å². The highest BCUT2D eigenvalue weighted by molar-refractivity contribution is 6.10. The van der Waals surface area contributed by atoms with Crippen LogP contribution in [0.2, 0.25) is 0 Å². The van der Waals surface area contributed by atoms with Gasteiger partial charge in [-0.25, -0.2) is 0 Å². The fourth-order valence-corrected chi connectivity index (χ4v) is 8.24. The number of hydrogen-bond acceptors (Lipinski definition) is 0. The van der Waals surface area contributed by atoms with Crippen molar-refractivity contribution in [2.75, 3.05) is 0 Å². The van der Waals surface area contributed by atoms with Crippen LogP contribution in [-0.4, -0.2) is 9.13 Å². The molecule has 0 radical (unpaired) electrons. The zero-order chi connectivity index (χ0) is 31.9. The van der Waals surface area contributed by atoms with Crippen molar-refractivity contribution >= 4 is 44.9 Å². The summed E-state index contributed by atoms with van der Waals surface area (Å²) in [7, 11) is 0. The number of fused-ring (bicyclic) bond motifs is 7. The van der Waals surface area contributed by atoms with Gasteiger partial charge in [0.15, 0.2) is 0 Å². The summed E-state index contributed by atoms with van der Waals surface area (Å²) in [5.41, 5.74) is 14.0. The smallest absolute Gasteiger partial charge is 0.0541 e. The van der Waals surface area contributed by atoms with Crippen LogP contribution >= 0.6 is 0 Å². The second-order valence-electron chi connectivity index (χ2n) is 13.3. The van der Waals surface area contributed by atoms with Crippen LogP contribution in [0, 0.1) is 0 Å². The van der Waals surface area contributed by atoms with Crippen LogP contribution in [0.3, 0.4) is 0 Å². The summed E-state index contributed by atoms with van der Waals surface area (Å²) in [5, 5.41) is 6.31. The molecule has 0 saturated carbocycles. The quantitative estimate of drug-likeness (QED) is 0.190. The van der Waals surface area contributed by atoms with Gasteiger partial charge in [0, 0.05) is 43.5 Å². The van der Waals surface area contributed by atoms with E-state index in [1.807, 2.05) is 0 Å². The number of nitrogens with zero attached hydrogens (tertiary/aromatic N) is 2. The molecule has 0 amide bonds. The molecule has 8 aromatic rings. The lowest BCUT2D eigenvalue weighted by Gasteiger charge is -2.21. The van der Waals surface area contributed by atoms with E-state index in [9.17, 15) is 0 Å². The number of benzene rings is 6. The molecule has 9 rings (SSSR count). The van der Waals surface area contributed by atoms with E-state index in [0.717, 1.165) is 0 Å². The Bertz CT molecular complexity index is 2660. The van der Waals surface area contributed by atoms with Crippen LogP contribution in [0.15, 0.2) is 133 Å². The Kier molecular flexibility index (Phi) is 6.01. The highest BCUT2D eigenvalue weighted by Crippen LogP contribution is 2.49. The molecule has 6 aromatic carbocycles. The summed E-state index contributed by atoms with van der Waals surface area (Å²) in [6, 6.07) is 49.4. The predicted octanol–water partition coefficient (Wildman–Crippen LogP) is 10.3. The first-order valence-electron chi connectivity index (χ1n) is 16.6. The number of aromatic nitrogens is 2. The van der Waals surface area contributed by atoms with Gasteiger partial charge in [0.2, 0.25) is 0 Å². The maximum absolute atomic E-state index is 2.44. The molecule has 2 heterocycles. The van der Waals surface area contributed by atoms with E-state index in [1.54, 1.807) is 0 Å². The van der Waals surface area contributed by atoms with Crippen LogP contribution in [0.1, 0.15) is 38.8 Å². The Morgan fingerprint density at radius 2 is 1.11 bits per heavy atom. The van der Waals surface area contributed by atoms with Gasteiger partial charge in [-0.15, -0.1) is 0 Å². The molecule has 1 aliphatic rings. The van der Waals surface area contributed by atoms with Crippen molar-refractivity contribution in [3.05, 3.63) is 155 Å². The monoisotopic (exact) mass is 604 g/mol. The fraction of sp³-hybridized carbons (Fsp3) is 0.111. The van der Waals surface area contributed by atoms with E-state index in [2.05, 4.69) is 182 Å². The molecule has 0 spiro atoms. The van der Waals surface area contributed by atoms with E-state index < -0.39 is 0 Å². The van der Waals surface area contributed by atoms with Gasteiger partial charge in [-0.05, 0) is 102 Å². The van der Waals surface area contributed by atoms with E-state index in [-0.39, 0.29) is 5.41 Å². The number of para-hydroxylation sites is 2. The first-order chi connectivity index (χ1) is 23.0. The molecule has 0 unspecified atom stereocenters. The summed E-state index contributed by atoms with van der Waals surface area (Å²) in [4.78, 5) is 0. The highest BCUT2D eigenvalue weighted by Gasteiger charge is 2.35. The van der Waals surface area contributed by atoms with Crippen molar-refractivity contribution in [3.8, 4) is 33.6 Å². The minimum Gasteiger partial charge on any atom is -0.310 e. The summed E-state index contributed by atoms with van der Waals surface area (Å²) in [6.45, 7) is 8.96. The van der Waals surface area contributed by atoms with E-state index >= 15 is 0 Å². The van der Waals surface area contributed by atoms with Crippen LogP contribution in [-0.2, 0) is 5.41 Å². The Balaban J connectivity index is 1.23. The van der Waals surface area contributed by atoms with Crippen molar-refractivity contribution < 1.29 is 0 Å². The maximum Gasteiger partial charge on any atom is 0.0541 e. The zero-order valence-corrected chi connectivity index (χ0v) is 27.3. The summed E-state index contributed by atoms with van der Waals surface area (Å²) in [5.74, 6) is 0. The normalized spacial score (nSPS) is 14.4. The number of rotatable bonds is 3. The maximum atomic E-state index is 2.44. The van der Waals surface area contributed by atoms with Crippen molar-refractivity contribution in [3.63, 3.8) is 0 Å². The predicted molar refractivity (Wildman–Crippen MR) is 200 cm³/mol. The molecule has 1 aliphatic carbocycles. The van der Waals surface area contributed by atoms with Gasteiger partial charge < -0.3 is 9.13 Å². The standard InChI is InChI=1S/C45H36N2/c1-5-33-37-26-29(20-24-43(37)46(41(33)6-2)31-14-8-7-9-15-31)30-21-25-44-38(27-30)35-17-11-13-19-42(35)47(44)32-22-23-40-36(28-32)34-16-10-12-18-39(34)45(40,3)4/h5-28H,1-4H3/b33-5-,41-6+. The Labute approximate surface area is 275 Å². The average molecular weight is 605 g/mol. The molecule has 0 bridgehead atoms. The van der Waals surface area contributed by atoms with Gasteiger partial charge in [0.05, 0.1) is 16.6 Å². The molecule has 0 N–H and O–H groups in total. The second-order valence-corrected chi connectivity index (χ2v) is 13.3. The molecular weight excluding hydrogens is 569 g/mol. The molecule has 0 atom stereocenters. The largest absolute Gasteiger partial charge is 0.310 e. The number of hydrogen-bond donors (Lipinski definition) is 0. The molecule has 0 saturated heterocycles. The first kappa shape index (κ1) is 27.7. The lowest BCUT2D eigenvalue weighted by Crippen LogP contribution is -2.27. The molecule has 2 aromatic heterocycles. The highest BCUT2D eigenvalue weighted by atomic mass is 15.0. The molecular formula is C45H36N2.